The predicted octanol–water partition coefficient (Wildman–Crippen LogP) is 7.31. The van der Waals surface area contributed by atoms with Gasteiger partial charge in [0.1, 0.15) is 0 Å². The summed E-state index contributed by atoms with van der Waals surface area (Å²) in [6, 6.07) is 0. The van der Waals surface area contributed by atoms with Gasteiger partial charge in [-0.2, -0.15) is 0 Å². The lowest BCUT2D eigenvalue weighted by Crippen LogP contribution is -2.04. The molecule has 122 valence electrons. The van der Waals surface area contributed by atoms with Crippen LogP contribution in [0.1, 0.15) is 91.4 Å². The molecule has 0 heteroatoms. The highest BCUT2D eigenvalue weighted by Gasteiger charge is 2.23. The molecule has 0 radical (unpaired) electrons. The fourth-order valence-corrected chi connectivity index (χ4v) is 3.48. The molecule has 0 aliphatic heterocycles. The van der Waals surface area contributed by atoms with Crippen molar-refractivity contribution >= 4 is 0 Å². The molecule has 3 atom stereocenters. The molecule has 0 aromatic heterocycles. The van der Waals surface area contributed by atoms with E-state index in [-0.39, 0.29) is 0 Å². The van der Waals surface area contributed by atoms with Gasteiger partial charge < -0.3 is 0 Å². The lowest BCUT2D eigenvalue weighted by atomic mass is 9.91. The van der Waals surface area contributed by atoms with Gasteiger partial charge in [0.15, 0.2) is 0 Å². The van der Waals surface area contributed by atoms with Crippen molar-refractivity contribution in [1.82, 2.24) is 0 Å². The number of hydrogen-bond acceptors (Lipinski definition) is 0. The fraction of sp³-hybridized carbons (Fsp3) is 0.810. The van der Waals surface area contributed by atoms with Crippen LogP contribution in [0.5, 0.6) is 0 Å². The van der Waals surface area contributed by atoms with E-state index in [1.165, 1.54) is 70.6 Å². The standard InChI is InChI=1S/C21H38/c1-4-6-8-9-10-15-20-17-12-18-21(20)16-11-14-19(3)13-7-5-2/h9-11,16,19-21H,4-8,12-15,17-18H2,1-3H3/t19?,20-,21-/m0/s1. The van der Waals surface area contributed by atoms with Crippen LogP contribution in [0.2, 0.25) is 0 Å². The van der Waals surface area contributed by atoms with E-state index in [4.69, 9.17) is 0 Å². The Hall–Kier alpha value is -0.520. The smallest absolute Gasteiger partial charge is 0.0202 e. The first kappa shape index (κ1) is 18.5. The molecule has 0 aromatic rings. The van der Waals surface area contributed by atoms with Gasteiger partial charge in [0.25, 0.3) is 0 Å². The second-order valence-corrected chi connectivity index (χ2v) is 7.12. The largest absolute Gasteiger partial charge is 0.0885 e. The average Bonchev–Trinajstić information content (AvgIpc) is 2.92. The molecule has 1 rings (SSSR count). The van der Waals surface area contributed by atoms with Gasteiger partial charge in [0.2, 0.25) is 0 Å². The Kier molecular flexibility index (Phi) is 10.6. The van der Waals surface area contributed by atoms with Gasteiger partial charge in [-0.05, 0) is 49.9 Å². The maximum atomic E-state index is 2.56. The van der Waals surface area contributed by atoms with Crippen molar-refractivity contribution in [2.75, 3.05) is 0 Å². The van der Waals surface area contributed by atoms with E-state index in [2.05, 4.69) is 45.1 Å². The Morgan fingerprint density at radius 2 is 1.81 bits per heavy atom. The van der Waals surface area contributed by atoms with E-state index < -0.39 is 0 Å². The Balaban J connectivity index is 2.24. The molecule has 1 unspecified atom stereocenters. The van der Waals surface area contributed by atoms with Crippen molar-refractivity contribution in [3.8, 4) is 0 Å². The number of allylic oxidation sites excluding steroid dienone is 4. The second-order valence-electron chi connectivity index (χ2n) is 7.12. The summed E-state index contributed by atoms with van der Waals surface area (Å²) in [5.41, 5.74) is 0. The Morgan fingerprint density at radius 3 is 2.57 bits per heavy atom. The minimum Gasteiger partial charge on any atom is -0.0885 e. The maximum Gasteiger partial charge on any atom is -0.0202 e. The number of rotatable bonds is 11. The minimum atomic E-state index is 0.860. The summed E-state index contributed by atoms with van der Waals surface area (Å²) < 4.78 is 0. The third-order valence-electron chi connectivity index (χ3n) is 5.02. The summed E-state index contributed by atoms with van der Waals surface area (Å²) in [5.74, 6) is 2.65. The minimum absolute atomic E-state index is 0.860. The van der Waals surface area contributed by atoms with E-state index >= 15 is 0 Å². The summed E-state index contributed by atoms with van der Waals surface area (Å²) in [7, 11) is 0. The van der Waals surface area contributed by atoms with E-state index in [0.29, 0.717) is 0 Å². The normalized spacial score (nSPS) is 24.3. The molecule has 0 nitrogen and oxygen atoms in total. The van der Waals surface area contributed by atoms with Crippen molar-refractivity contribution in [3.05, 3.63) is 24.3 Å². The van der Waals surface area contributed by atoms with Crippen molar-refractivity contribution in [1.29, 1.82) is 0 Å². The van der Waals surface area contributed by atoms with Crippen LogP contribution in [0.25, 0.3) is 0 Å². The lowest BCUT2D eigenvalue weighted by molar-refractivity contribution is 0.459. The van der Waals surface area contributed by atoms with Crippen LogP contribution in [0.15, 0.2) is 24.3 Å². The van der Waals surface area contributed by atoms with Gasteiger partial charge in [0, 0.05) is 0 Å². The Morgan fingerprint density at radius 1 is 1.00 bits per heavy atom. The van der Waals surface area contributed by atoms with Gasteiger partial charge in [-0.1, -0.05) is 83.6 Å². The van der Waals surface area contributed by atoms with E-state index in [1.54, 1.807) is 0 Å². The molecule has 0 amide bonds. The van der Waals surface area contributed by atoms with Crippen LogP contribution in [0.4, 0.5) is 0 Å². The van der Waals surface area contributed by atoms with Crippen molar-refractivity contribution in [2.24, 2.45) is 17.8 Å². The summed E-state index contributed by atoms with van der Waals surface area (Å²) in [4.78, 5) is 0. The average molecular weight is 291 g/mol. The third kappa shape index (κ3) is 8.49. The zero-order chi connectivity index (χ0) is 15.3. The summed E-state index contributed by atoms with van der Waals surface area (Å²) in [5, 5.41) is 0. The van der Waals surface area contributed by atoms with Gasteiger partial charge in [-0.3, -0.25) is 0 Å². The maximum absolute atomic E-state index is 2.56. The molecule has 21 heavy (non-hydrogen) atoms. The van der Waals surface area contributed by atoms with Gasteiger partial charge in [-0.15, -0.1) is 0 Å². The molecular weight excluding hydrogens is 252 g/mol. The Labute approximate surface area is 134 Å². The lowest BCUT2D eigenvalue weighted by Gasteiger charge is -2.14. The highest BCUT2D eigenvalue weighted by molar-refractivity contribution is 4.98. The molecule has 0 aromatic carbocycles. The molecule has 0 heterocycles. The molecule has 1 saturated carbocycles. The quantitative estimate of drug-likeness (QED) is 0.276. The molecule has 1 aliphatic rings. The highest BCUT2D eigenvalue weighted by atomic mass is 14.3. The summed E-state index contributed by atoms with van der Waals surface area (Å²) in [6.07, 6.45) is 24.9. The molecule has 0 spiro atoms. The second kappa shape index (κ2) is 12.1. The van der Waals surface area contributed by atoms with E-state index in [1.807, 2.05) is 0 Å². The zero-order valence-electron chi connectivity index (χ0n) is 14.8. The molecule has 1 fully saturated rings. The molecule has 0 N–H and O–H groups in total. The molecule has 1 aliphatic carbocycles. The topological polar surface area (TPSA) is 0 Å². The SMILES string of the molecule is CCCCC=CC[C@H]1CCC[C@@H]1C=CCC(C)CCCC. The van der Waals surface area contributed by atoms with Crippen molar-refractivity contribution in [2.45, 2.75) is 91.4 Å². The van der Waals surface area contributed by atoms with Crippen LogP contribution in [-0.2, 0) is 0 Å². The predicted molar refractivity (Wildman–Crippen MR) is 96.6 cm³/mol. The van der Waals surface area contributed by atoms with Gasteiger partial charge >= 0.3 is 0 Å². The number of unbranched alkanes of at least 4 members (excludes halogenated alkanes) is 3. The van der Waals surface area contributed by atoms with Crippen LogP contribution >= 0.6 is 0 Å². The van der Waals surface area contributed by atoms with E-state index in [9.17, 15) is 0 Å². The Bertz CT molecular complexity index is 286. The van der Waals surface area contributed by atoms with E-state index in [0.717, 1.165) is 17.8 Å². The van der Waals surface area contributed by atoms with Crippen LogP contribution in [0, 0.1) is 17.8 Å². The monoisotopic (exact) mass is 290 g/mol. The van der Waals surface area contributed by atoms with Crippen LogP contribution in [-0.4, -0.2) is 0 Å². The molecule has 0 saturated heterocycles. The number of hydrogen-bond donors (Lipinski definition) is 0. The highest BCUT2D eigenvalue weighted by Crippen LogP contribution is 2.35. The third-order valence-corrected chi connectivity index (χ3v) is 5.02. The van der Waals surface area contributed by atoms with Crippen LogP contribution < -0.4 is 0 Å². The van der Waals surface area contributed by atoms with Crippen molar-refractivity contribution in [3.63, 3.8) is 0 Å². The van der Waals surface area contributed by atoms with Gasteiger partial charge in [0.05, 0.1) is 0 Å². The first-order chi connectivity index (χ1) is 10.3. The first-order valence-electron chi connectivity index (χ1n) is 9.59. The summed E-state index contributed by atoms with van der Waals surface area (Å²) >= 11 is 0. The molecular formula is C21H38. The zero-order valence-corrected chi connectivity index (χ0v) is 14.8. The molecule has 0 bridgehead atoms. The van der Waals surface area contributed by atoms with Crippen molar-refractivity contribution < 1.29 is 0 Å². The fourth-order valence-electron chi connectivity index (χ4n) is 3.48. The first-order valence-corrected chi connectivity index (χ1v) is 9.59. The van der Waals surface area contributed by atoms with Gasteiger partial charge in [-0.25, -0.2) is 0 Å². The van der Waals surface area contributed by atoms with Crippen LogP contribution in [0.3, 0.4) is 0 Å². The summed E-state index contributed by atoms with van der Waals surface area (Å²) in [6.45, 7) is 6.97.